The van der Waals surface area contributed by atoms with Gasteiger partial charge in [-0.2, -0.15) is 0 Å². The molecule has 2 aliphatic rings. The molecule has 0 radical (unpaired) electrons. The van der Waals surface area contributed by atoms with Gasteiger partial charge in [0, 0.05) is 43.3 Å². The Labute approximate surface area is 143 Å². The molecule has 2 amide bonds. The van der Waals surface area contributed by atoms with E-state index in [0.717, 1.165) is 44.6 Å². The number of rotatable bonds is 4. The van der Waals surface area contributed by atoms with Crippen LogP contribution >= 0.6 is 12.4 Å². The molecule has 0 aliphatic carbocycles. The molecule has 1 aromatic carbocycles. The Morgan fingerprint density at radius 2 is 1.96 bits per heavy atom. The van der Waals surface area contributed by atoms with Crippen LogP contribution in [-0.2, 0) is 4.79 Å². The molecular weight excluding hydrogens is 314 g/mol. The van der Waals surface area contributed by atoms with Crippen LogP contribution in [0.1, 0.15) is 36.0 Å². The highest BCUT2D eigenvalue weighted by molar-refractivity contribution is 5.97. The van der Waals surface area contributed by atoms with E-state index < -0.39 is 0 Å². The highest BCUT2D eigenvalue weighted by atomic mass is 35.5. The number of anilines is 1. The number of hydrogen-bond donors (Lipinski definition) is 1. The summed E-state index contributed by atoms with van der Waals surface area (Å²) in [6.45, 7) is 2.45. The van der Waals surface area contributed by atoms with Crippen molar-refractivity contribution in [2.45, 2.75) is 31.7 Å². The standard InChI is InChI=1S/C17H23N3O2.ClH/c1-18-12-15-4-2-11-20(15)17(22)13-6-8-14(9-7-13)19-10-3-5-16(19)21;/h6-9,15,18H,2-5,10-12H2,1H3;1H. The molecule has 23 heavy (non-hydrogen) atoms. The maximum atomic E-state index is 12.6. The van der Waals surface area contributed by atoms with E-state index in [1.807, 2.05) is 36.2 Å². The van der Waals surface area contributed by atoms with E-state index in [1.54, 1.807) is 4.90 Å². The van der Waals surface area contributed by atoms with Crippen molar-refractivity contribution in [1.82, 2.24) is 10.2 Å². The van der Waals surface area contributed by atoms with E-state index in [4.69, 9.17) is 0 Å². The molecule has 1 unspecified atom stereocenters. The van der Waals surface area contributed by atoms with Gasteiger partial charge in [-0.05, 0) is 50.6 Å². The highest BCUT2D eigenvalue weighted by Gasteiger charge is 2.29. The lowest BCUT2D eigenvalue weighted by Gasteiger charge is -2.25. The van der Waals surface area contributed by atoms with Crippen molar-refractivity contribution in [3.63, 3.8) is 0 Å². The Hall–Kier alpha value is -1.59. The molecule has 2 fully saturated rings. The first-order valence-electron chi connectivity index (χ1n) is 8.06. The Kier molecular flexibility index (Phi) is 6.02. The van der Waals surface area contributed by atoms with Crippen LogP contribution in [0.5, 0.6) is 0 Å². The minimum atomic E-state index is 0. The van der Waals surface area contributed by atoms with Crippen LogP contribution in [0.4, 0.5) is 5.69 Å². The zero-order valence-corrected chi connectivity index (χ0v) is 14.3. The highest BCUT2D eigenvalue weighted by Crippen LogP contribution is 2.24. The fraction of sp³-hybridized carbons (Fsp3) is 0.529. The van der Waals surface area contributed by atoms with Crippen molar-refractivity contribution in [1.29, 1.82) is 0 Å². The minimum absolute atomic E-state index is 0. The smallest absolute Gasteiger partial charge is 0.254 e. The molecular formula is C17H24ClN3O2. The molecule has 2 aliphatic heterocycles. The van der Waals surface area contributed by atoms with Crippen molar-refractivity contribution in [2.75, 3.05) is 31.6 Å². The van der Waals surface area contributed by atoms with Crippen LogP contribution in [0.25, 0.3) is 0 Å². The summed E-state index contributed by atoms with van der Waals surface area (Å²) in [6.07, 6.45) is 3.67. The fourth-order valence-corrected chi connectivity index (χ4v) is 3.42. The second-order valence-electron chi connectivity index (χ2n) is 6.05. The third-order valence-corrected chi connectivity index (χ3v) is 4.58. The Bertz CT molecular complexity index is 561. The molecule has 0 bridgehead atoms. The van der Waals surface area contributed by atoms with Crippen LogP contribution in [0, 0.1) is 0 Å². The van der Waals surface area contributed by atoms with Gasteiger partial charge in [0.1, 0.15) is 0 Å². The lowest BCUT2D eigenvalue weighted by Crippen LogP contribution is -2.40. The molecule has 3 rings (SSSR count). The lowest BCUT2D eigenvalue weighted by atomic mass is 10.1. The van der Waals surface area contributed by atoms with Crippen LogP contribution in [0.3, 0.4) is 0 Å². The van der Waals surface area contributed by atoms with Crippen LogP contribution in [0.15, 0.2) is 24.3 Å². The van der Waals surface area contributed by atoms with Gasteiger partial charge in [-0.25, -0.2) is 0 Å². The van der Waals surface area contributed by atoms with E-state index >= 15 is 0 Å². The predicted molar refractivity (Wildman–Crippen MR) is 93.3 cm³/mol. The van der Waals surface area contributed by atoms with Crippen molar-refractivity contribution < 1.29 is 9.59 Å². The first-order chi connectivity index (χ1) is 10.7. The number of carbonyl (C=O) groups is 2. The second kappa shape index (κ2) is 7.79. The maximum absolute atomic E-state index is 12.6. The third kappa shape index (κ3) is 3.67. The van der Waals surface area contributed by atoms with Gasteiger partial charge in [-0.3, -0.25) is 9.59 Å². The zero-order chi connectivity index (χ0) is 15.5. The number of hydrogen-bond acceptors (Lipinski definition) is 3. The van der Waals surface area contributed by atoms with E-state index in [0.29, 0.717) is 12.0 Å². The molecule has 1 atom stereocenters. The summed E-state index contributed by atoms with van der Waals surface area (Å²) in [5.74, 6) is 0.268. The summed E-state index contributed by atoms with van der Waals surface area (Å²) in [5, 5.41) is 3.16. The molecule has 6 heteroatoms. The largest absolute Gasteiger partial charge is 0.334 e. The SMILES string of the molecule is CNCC1CCCN1C(=O)c1ccc(N2CCCC2=O)cc1.Cl. The summed E-state index contributed by atoms with van der Waals surface area (Å²) >= 11 is 0. The average Bonchev–Trinajstić information content (AvgIpc) is 3.16. The van der Waals surface area contributed by atoms with Crippen molar-refractivity contribution in [2.24, 2.45) is 0 Å². The maximum Gasteiger partial charge on any atom is 0.254 e. The van der Waals surface area contributed by atoms with Crippen LogP contribution in [-0.4, -0.2) is 49.4 Å². The van der Waals surface area contributed by atoms with Gasteiger partial charge in [0.25, 0.3) is 5.91 Å². The van der Waals surface area contributed by atoms with Gasteiger partial charge >= 0.3 is 0 Å². The lowest BCUT2D eigenvalue weighted by molar-refractivity contribution is -0.117. The molecule has 0 spiro atoms. The summed E-state index contributed by atoms with van der Waals surface area (Å²) < 4.78 is 0. The quantitative estimate of drug-likeness (QED) is 0.915. The van der Waals surface area contributed by atoms with E-state index in [9.17, 15) is 9.59 Å². The first kappa shape index (κ1) is 17.8. The Balaban J connectivity index is 0.00000192. The summed E-state index contributed by atoms with van der Waals surface area (Å²) in [7, 11) is 1.92. The van der Waals surface area contributed by atoms with Crippen LogP contribution < -0.4 is 10.2 Å². The number of likely N-dealkylation sites (tertiary alicyclic amines) is 1. The number of benzene rings is 1. The van der Waals surface area contributed by atoms with E-state index in [2.05, 4.69) is 5.32 Å². The number of likely N-dealkylation sites (N-methyl/N-ethyl adjacent to an activating group) is 1. The Morgan fingerprint density at radius 3 is 2.57 bits per heavy atom. The minimum Gasteiger partial charge on any atom is -0.334 e. The van der Waals surface area contributed by atoms with Crippen molar-refractivity contribution in [3.8, 4) is 0 Å². The molecule has 1 N–H and O–H groups in total. The van der Waals surface area contributed by atoms with Crippen molar-refractivity contribution >= 4 is 29.9 Å². The van der Waals surface area contributed by atoms with Gasteiger partial charge < -0.3 is 15.1 Å². The topological polar surface area (TPSA) is 52.7 Å². The summed E-state index contributed by atoms with van der Waals surface area (Å²) in [4.78, 5) is 28.2. The normalized spacial score (nSPS) is 20.7. The van der Waals surface area contributed by atoms with Gasteiger partial charge in [0.2, 0.25) is 5.91 Å². The van der Waals surface area contributed by atoms with Gasteiger partial charge in [-0.1, -0.05) is 0 Å². The molecule has 126 valence electrons. The number of nitrogens with one attached hydrogen (secondary N) is 1. The molecule has 0 saturated carbocycles. The molecule has 2 saturated heterocycles. The predicted octanol–water partition coefficient (Wildman–Crippen LogP) is 2.06. The van der Waals surface area contributed by atoms with Gasteiger partial charge in [0.05, 0.1) is 0 Å². The summed E-state index contributed by atoms with van der Waals surface area (Å²) in [5.41, 5.74) is 1.60. The monoisotopic (exact) mass is 337 g/mol. The molecule has 2 heterocycles. The molecule has 0 aromatic heterocycles. The summed E-state index contributed by atoms with van der Waals surface area (Å²) in [6, 6.07) is 7.76. The Morgan fingerprint density at radius 1 is 1.22 bits per heavy atom. The van der Waals surface area contributed by atoms with Crippen LogP contribution in [0.2, 0.25) is 0 Å². The fourth-order valence-electron chi connectivity index (χ4n) is 3.42. The number of amides is 2. The van der Waals surface area contributed by atoms with E-state index in [1.165, 1.54) is 0 Å². The number of halogens is 1. The van der Waals surface area contributed by atoms with E-state index in [-0.39, 0.29) is 30.3 Å². The third-order valence-electron chi connectivity index (χ3n) is 4.58. The molecule has 5 nitrogen and oxygen atoms in total. The first-order valence-corrected chi connectivity index (χ1v) is 8.06. The van der Waals surface area contributed by atoms with Crippen molar-refractivity contribution in [3.05, 3.63) is 29.8 Å². The molecule has 1 aromatic rings. The zero-order valence-electron chi connectivity index (χ0n) is 13.5. The average molecular weight is 338 g/mol. The van der Waals surface area contributed by atoms with Gasteiger partial charge in [0.15, 0.2) is 0 Å². The number of nitrogens with zero attached hydrogens (tertiary/aromatic N) is 2. The van der Waals surface area contributed by atoms with Gasteiger partial charge in [-0.15, -0.1) is 12.4 Å². The second-order valence-corrected chi connectivity index (χ2v) is 6.05. The number of carbonyl (C=O) groups excluding carboxylic acids is 2.